The number of anilines is 1. The van der Waals surface area contributed by atoms with Gasteiger partial charge in [0.2, 0.25) is 10.0 Å². The van der Waals surface area contributed by atoms with E-state index in [2.05, 4.69) is 24.0 Å². The maximum Gasteiger partial charge on any atom is 0.244 e. The van der Waals surface area contributed by atoms with Crippen LogP contribution in [0.2, 0.25) is 10.0 Å². The Kier molecular flexibility index (Phi) is 6.10. The van der Waals surface area contributed by atoms with Crippen molar-refractivity contribution >= 4 is 49.7 Å². The Bertz CT molecular complexity index is 1190. The molecule has 0 amide bonds. The Morgan fingerprint density at radius 2 is 1.73 bits per heavy atom. The number of rotatable bonds is 4. The van der Waals surface area contributed by atoms with Crippen molar-refractivity contribution in [3.05, 3.63) is 63.0 Å². The zero-order chi connectivity index (χ0) is 21.5. The number of halogens is 2. The fourth-order valence-corrected chi connectivity index (χ4v) is 6.55. The second kappa shape index (κ2) is 8.48. The summed E-state index contributed by atoms with van der Waals surface area (Å²) in [7, 11) is -3.68. The minimum Gasteiger partial charge on any atom is -0.345 e. The maximum absolute atomic E-state index is 13.1. The van der Waals surface area contributed by atoms with Crippen molar-refractivity contribution in [2.75, 3.05) is 31.1 Å². The number of thiazole rings is 1. The Balaban J connectivity index is 1.48. The van der Waals surface area contributed by atoms with Gasteiger partial charge in [-0.1, -0.05) is 47.0 Å². The van der Waals surface area contributed by atoms with Crippen LogP contribution in [-0.4, -0.2) is 43.9 Å². The van der Waals surface area contributed by atoms with Gasteiger partial charge in [-0.25, -0.2) is 13.4 Å². The summed E-state index contributed by atoms with van der Waals surface area (Å²) in [6.07, 6.45) is 0. The summed E-state index contributed by atoms with van der Waals surface area (Å²) in [4.78, 5) is 7.00. The van der Waals surface area contributed by atoms with Crippen molar-refractivity contribution < 1.29 is 8.42 Å². The van der Waals surface area contributed by atoms with E-state index in [-0.39, 0.29) is 9.92 Å². The highest BCUT2D eigenvalue weighted by Crippen LogP contribution is 2.32. The molecular formula is C21H21Cl2N3O2S2. The van der Waals surface area contributed by atoms with Gasteiger partial charge < -0.3 is 4.90 Å². The standard InChI is InChI=1S/C21H21Cl2N3O2S2/c1-14-4-3-5-16(10-14)19-13-29-21(24-19)25-6-8-26(9-7-25)30(27,28)20-11-15(2)17(22)12-18(20)23/h3-5,10-13H,6-9H2,1-2H3. The molecule has 5 nitrogen and oxygen atoms in total. The highest BCUT2D eigenvalue weighted by molar-refractivity contribution is 7.89. The van der Waals surface area contributed by atoms with Crippen LogP contribution in [0, 0.1) is 13.8 Å². The number of benzene rings is 2. The van der Waals surface area contributed by atoms with E-state index in [4.69, 9.17) is 28.2 Å². The summed E-state index contributed by atoms with van der Waals surface area (Å²) < 4.78 is 27.7. The first kappa shape index (κ1) is 21.6. The topological polar surface area (TPSA) is 53.5 Å². The van der Waals surface area contributed by atoms with Crippen molar-refractivity contribution in [1.29, 1.82) is 0 Å². The van der Waals surface area contributed by atoms with Gasteiger partial charge in [0, 0.05) is 42.1 Å². The van der Waals surface area contributed by atoms with Crippen LogP contribution in [-0.2, 0) is 10.0 Å². The van der Waals surface area contributed by atoms with Crippen molar-refractivity contribution in [2.45, 2.75) is 18.7 Å². The Labute approximate surface area is 190 Å². The normalized spacial score (nSPS) is 15.5. The molecule has 1 aliphatic rings. The molecule has 0 aliphatic carbocycles. The van der Waals surface area contributed by atoms with Crippen LogP contribution in [0.4, 0.5) is 5.13 Å². The molecule has 2 heterocycles. The molecule has 1 aliphatic heterocycles. The van der Waals surface area contributed by atoms with Gasteiger partial charge in [0.05, 0.1) is 10.7 Å². The first-order valence-corrected chi connectivity index (χ1v) is 12.6. The zero-order valence-electron chi connectivity index (χ0n) is 16.6. The lowest BCUT2D eigenvalue weighted by molar-refractivity contribution is 0.385. The van der Waals surface area contributed by atoms with E-state index < -0.39 is 10.0 Å². The van der Waals surface area contributed by atoms with Crippen LogP contribution in [0.1, 0.15) is 11.1 Å². The van der Waals surface area contributed by atoms with E-state index in [9.17, 15) is 8.42 Å². The summed E-state index contributed by atoms with van der Waals surface area (Å²) >= 11 is 13.8. The van der Waals surface area contributed by atoms with E-state index in [0.29, 0.717) is 36.8 Å². The number of hydrogen-bond acceptors (Lipinski definition) is 5. The fourth-order valence-electron chi connectivity index (χ4n) is 3.43. The lowest BCUT2D eigenvalue weighted by Gasteiger charge is -2.34. The third-order valence-corrected chi connectivity index (χ3v) is 8.82. The summed E-state index contributed by atoms with van der Waals surface area (Å²) in [6.45, 7) is 5.72. The van der Waals surface area contributed by atoms with Gasteiger partial charge >= 0.3 is 0 Å². The Morgan fingerprint density at radius 3 is 2.43 bits per heavy atom. The molecule has 0 unspecified atom stereocenters. The van der Waals surface area contributed by atoms with Gasteiger partial charge in [0.25, 0.3) is 0 Å². The summed E-state index contributed by atoms with van der Waals surface area (Å²) in [5, 5.41) is 3.56. The summed E-state index contributed by atoms with van der Waals surface area (Å²) in [5.41, 5.74) is 3.91. The molecule has 30 heavy (non-hydrogen) atoms. The molecule has 0 radical (unpaired) electrons. The van der Waals surface area contributed by atoms with Crippen molar-refractivity contribution in [3.63, 3.8) is 0 Å². The number of nitrogens with zero attached hydrogens (tertiary/aromatic N) is 3. The van der Waals surface area contributed by atoms with Gasteiger partial charge in [0.15, 0.2) is 5.13 Å². The van der Waals surface area contributed by atoms with Gasteiger partial charge in [0.1, 0.15) is 4.90 Å². The van der Waals surface area contributed by atoms with Gasteiger partial charge in [-0.15, -0.1) is 11.3 Å². The number of hydrogen-bond donors (Lipinski definition) is 0. The molecule has 0 atom stereocenters. The van der Waals surface area contributed by atoms with E-state index >= 15 is 0 Å². The molecule has 158 valence electrons. The second-order valence-electron chi connectivity index (χ2n) is 7.31. The largest absolute Gasteiger partial charge is 0.345 e. The minimum atomic E-state index is -3.68. The molecule has 2 aromatic carbocycles. The van der Waals surface area contributed by atoms with Crippen LogP contribution in [0.3, 0.4) is 0 Å². The highest BCUT2D eigenvalue weighted by atomic mass is 35.5. The van der Waals surface area contributed by atoms with Gasteiger partial charge in [-0.2, -0.15) is 4.31 Å². The number of aromatic nitrogens is 1. The molecular weight excluding hydrogens is 461 g/mol. The predicted octanol–water partition coefficient (Wildman–Crippen LogP) is 5.24. The fraction of sp³-hybridized carbons (Fsp3) is 0.286. The predicted molar refractivity (Wildman–Crippen MR) is 124 cm³/mol. The quantitative estimate of drug-likeness (QED) is 0.510. The smallest absolute Gasteiger partial charge is 0.244 e. The van der Waals surface area contributed by atoms with E-state index in [0.717, 1.165) is 16.4 Å². The van der Waals surface area contributed by atoms with Crippen molar-refractivity contribution in [1.82, 2.24) is 9.29 Å². The van der Waals surface area contributed by atoms with E-state index in [1.165, 1.54) is 15.9 Å². The van der Waals surface area contributed by atoms with Crippen molar-refractivity contribution in [3.8, 4) is 11.3 Å². The molecule has 0 N–H and O–H groups in total. The third kappa shape index (κ3) is 4.22. The lowest BCUT2D eigenvalue weighted by Crippen LogP contribution is -2.48. The molecule has 3 aromatic rings. The van der Waals surface area contributed by atoms with E-state index in [1.54, 1.807) is 24.3 Å². The average molecular weight is 482 g/mol. The van der Waals surface area contributed by atoms with Gasteiger partial charge in [-0.3, -0.25) is 0 Å². The maximum atomic E-state index is 13.1. The third-order valence-electron chi connectivity index (χ3n) is 5.15. The molecule has 1 aromatic heterocycles. The van der Waals surface area contributed by atoms with Crippen LogP contribution >= 0.6 is 34.5 Å². The number of sulfonamides is 1. The zero-order valence-corrected chi connectivity index (χ0v) is 19.7. The lowest BCUT2D eigenvalue weighted by atomic mass is 10.1. The van der Waals surface area contributed by atoms with Crippen LogP contribution < -0.4 is 4.90 Å². The SMILES string of the molecule is Cc1cccc(-c2csc(N3CCN(S(=O)(=O)c4cc(C)c(Cl)cc4Cl)CC3)n2)c1. The van der Waals surface area contributed by atoms with Crippen LogP contribution in [0.15, 0.2) is 46.7 Å². The summed E-state index contributed by atoms with van der Waals surface area (Å²) in [5.74, 6) is 0. The number of aryl methyl sites for hydroxylation is 2. The second-order valence-corrected chi connectivity index (χ2v) is 10.9. The highest BCUT2D eigenvalue weighted by Gasteiger charge is 2.31. The number of piperazine rings is 1. The van der Waals surface area contributed by atoms with Crippen molar-refractivity contribution in [2.24, 2.45) is 0 Å². The first-order chi connectivity index (χ1) is 14.3. The molecule has 0 spiro atoms. The average Bonchev–Trinajstić information content (AvgIpc) is 3.21. The first-order valence-electron chi connectivity index (χ1n) is 9.49. The Morgan fingerprint density at radius 1 is 1.00 bits per heavy atom. The Hall–Kier alpha value is -1.64. The minimum absolute atomic E-state index is 0.107. The van der Waals surface area contributed by atoms with Gasteiger partial charge in [-0.05, 0) is 37.6 Å². The molecule has 1 fully saturated rings. The molecule has 4 rings (SSSR count). The van der Waals surface area contributed by atoms with E-state index in [1.807, 2.05) is 17.5 Å². The van der Waals surface area contributed by atoms with Crippen LogP contribution in [0.25, 0.3) is 11.3 Å². The molecule has 9 heteroatoms. The molecule has 1 saturated heterocycles. The van der Waals surface area contributed by atoms with Crippen LogP contribution in [0.5, 0.6) is 0 Å². The molecule has 0 saturated carbocycles. The summed E-state index contributed by atoms with van der Waals surface area (Å²) in [6, 6.07) is 11.3. The monoisotopic (exact) mass is 481 g/mol. The molecule has 0 bridgehead atoms.